The van der Waals surface area contributed by atoms with Crippen molar-refractivity contribution in [2.45, 2.75) is 105 Å². The van der Waals surface area contributed by atoms with Crippen LogP contribution in [0, 0.1) is 0 Å². The molecule has 0 bridgehead atoms. The van der Waals surface area contributed by atoms with E-state index in [-0.39, 0.29) is 21.7 Å². The number of hydrogen-bond acceptors (Lipinski definition) is 0. The number of rotatable bonds is 8. The van der Waals surface area contributed by atoms with Crippen LogP contribution in [0.1, 0.15) is 105 Å². The van der Waals surface area contributed by atoms with Crippen molar-refractivity contribution in [1.82, 2.24) is 32.0 Å². The van der Waals surface area contributed by atoms with Gasteiger partial charge in [0.2, 0.25) is 0 Å². The molecule has 137 heavy (non-hydrogen) atoms. The van der Waals surface area contributed by atoms with Crippen molar-refractivity contribution >= 4 is 153 Å². The molecular weight excluding hydrogens is 1660 g/mol. The molecule has 0 aliphatic rings. The van der Waals surface area contributed by atoms with Crippen LogP contribution in [0.4, 0.5) is 0 Å². The lowest BCUT2D eigenvalue weighted by Gasteiger charge is -2.19. The molecule has 7 nitrogen and oxygen atoms in total. The van der Waals surface area contributed by atoms with E-state index in [1.165, 1.54) is 226 Å². The lowest BCUT2D eigenvalue weighted by molar-refractivity contribution is 0.590. The Labute approximate surface area is 799 Å². The number of para-hydroxylation sites is 11. The molecule has 19 aromatic carbocycles. The summed E-state index contributed by atoms with van der Waals surface area (Å²) in [5.41, 5.74) is 34.0. The van der Waals surface area contributed by atoms with Crippen molar-refractivity contribution < 1.29 is 0 Å². The Hall–Kier alpha value is -16.2. The van der Waals surface area contributed by atoms with Gasteiger partial charge in [-0.3, -0.25) is 0 Å². The zero-order valence-corrected chi connectivity index (χ0v) is 79.8. The van der Waals surface area contributed by atoms with Crippen molar-refractivity contribution in [3.63, 3.8) is 0 Å². The van der Waals surface area contributed by atoms with Gasteiger partial charge < -0.3 is 32.0 Å². The Bertz CT molecular complexity index is 8980. The van der Waals surface area contributed by atoms with E-state index in [1.807, 2.05) is 0 Å². The summed E-state index contributed by atoms with van der Waals surface area (Å²) < 4.78 is 16.7. The van der Waals surface area contributed by atoms with E-state index in [2.05, 4.69) is 558 Å². The van der Waals surface area contributed by atoms with Crippen LogP contribution in [-0.2, 0) is 21.7 Å². The average Bonchev–Trinajstić information content (AvgIpc) is 1.50. The van der Waals surface area contributed by atoms with E-state index < -0.39 is 0 Å². The van der Waals surface area contributed by atoms with Gasteiger partial charge in [-0.15, -0.1) is 0 Å². The van der Waals surface area contributed by atoms with E-state index in [9.17, 15) is 0 Å². The summed E-state index contributed by atoms with van der Waals surface area (Å²) >= 11 is 0. The minimum Gasteiger partial charge on any atom is -0.309 e. The number of aromatic nitrogens is 7. The molecule has 7 heterocycles. The van der Waals surface area contributed by atoms with Crippen LogP contribution in [0.5, 0.6) is 0 Å². The smallest absolute Gasteiger partial charge is 0.0561 e. The van der Waals surface area contributed by atoms with Crippen molar-refractivity contribution in [2.75, 3.05) is 0 Å². The summed E-state index contributed by atoms with van der Waals surface area (Å²) in [6.45, 7) is 27.1. The monoisotopic (exact) mass is 1770 g/mol. The van der Waals surface area contributed by atoms with Crippen LogP contribution in [0.2, 0.25) is 0 Å². The molecule has 7 heteroatoms. The number of hydrogen-bond donors (Lipinski definition) is 0. The first-order valence-electron chi connectivity index (χ1n) is 48.1. The van der Waals surface area contributed by atoms with Crippen molar-refractivity contribution in [3.05, 3.63) is 465 Å². The van der Waals surface area contributed by atoms with Gasteiger partial charge in [0.05, 0.1) is 77.2 Å². The highest BCUT2D eigenvalue weighted by molar-refractivity contribution is 6.17. The van der Waals surface area contributed by atoms with Crippen LogP contribution < -0.4 is 0 Å². The molecule has 0 aliphatic heterocycles. The van der Waals surface area contributed by atoms with E-state index in [0.717, 1.165) is 0 Å². The fourth-order valence-electron chi connectivity index (χ4n) is 21.2. The highest BCUT2D eigenvalue weighted by atomic mass is 15.0. The molecule has 0 saturated heterocycles. The van der Waals surface area contributed by atoms with Gasteiger partial charge in [-0.25, -0.2) is 0 Å². The molecule has 26 rings (SSSR count). The Morgan fingerprint density at radius 2 is 0.285 bits per heavy atom. The fourth-order valence-corrected chi connectivity index (χ4v) is 21.2. The average molecular weight is 1770 g/mol. The Morgan fingerprint density at radius 3 is 0.540 bits per heavy atom. The van der Waals surface area contributed by atoms with Gasteiger partial charge in [0.25, 0.3) is 0 Å². The topological polar surface area (TPSA) is 34.5 Å². The Kier molecular flexibility index (Phi) is 20.8. The quantitative estimate of drug-likeness (QED) is 0.145. The summed E-state index contributed by atoms with van der Waals surface area (Å²) in [6.07, 6.45) is 0. The molecule has 0 N–H and O–H groups in total. The van der Waals surface area contributed by atoms with Crippen molar-refractivity contribution in [2.24, 2.45) is 0 Å². The van der Waals surface area contributed by atoms with Gasteiger partial charge in [-0.2, -0.15) is 0 Å². The maximum Gasteiger partial charge on any atom is 0.0561 e. The van der Waals surface area contributed by atoms with Crippen LogP contribution in [0.3, 0.4) is 0 Å². The molecule has 0 spiro atoms. The molecule has 0 fully saturated rings. The summed E-state index contributed by atoms with van der Waals surface area (Å²) in [4.78, 5) is 0. The van der Waals surface area contributed by atoms with Crippen LogP contribution in [0.25, 0.3) is 204 Å². The third-order valence-electron chi connectivity index (χ3n) is 28.2. The lowest BCUT2D eigenvalue weighted by Crippen LogP contribution is -2.10. The standard InChI is InChI=1S/C40H32N2.2C34H28N2.C22H21N/c1-40(2,3)29-19-21-31(22-20-29)42-37-16-10-8-14-33(37)35-26-28(18-24-39(35)42)27-17-23-38-34(25-27)32-13-7-9-15-36(32)41(38)30-11-5-4-6-12-30;1-34(2,3)23-16-18-24(19-17-23)35-30-13-7-6-12-28(30)29-21-20-25(22-33(29)35)36-31-14-8-4-10-26(31)27-11-5-9-15-32(27)36;1-34(2,3)23-16-18-24(19-17-23)35-32-15-9-6-12-28(32)29-22-25(20-21-33(29)35)36-30-13-7-4-10-26(30)27-11-5-8-14-31(27)36;1-22(2,3)16-12-14-17(15-13-16)23-20-10-6-4-8-18(20)19-9-5-7-11-21(19)23/h4-26H,1-3H3;2*4-22H,1-3H3;4-15H,1-3H3. The first-order valence-corrected chi connectivity index (χ1v) is 48.1. The highest BCUT2D eigenvalue weighted by Gasteiger charge is 2.25. The molecule has 664 valence electrons. The molecule has 0 amide bonds. The van der Waals surface area contributed by atoms with Gasteiger partial charge in [0.15, 0.2) is 0 Å². The Morgan fingerprint density at radius 1 is 0.117 bits per heavy atom. The molecule has 0 aliphatic carbocycles. The third kappa shape index (κ3) is 14.9. The predicted octanol–water partition coefficient (Wildman–Crippen LogP) is 35.3. The van der Waals surface area contributed by atoms with E-state index in [0.29, 0.717) is 0 Å². The summed E-state index contributed by atoms with van der Waals surface area (Å²) in [7, 11) is 0. The second-order valence-electron chi connectivity index (χ2n) is 40.9. The highest BCUT2D eigenvalue weighted by Crippen LogP contribution is 2.45. The zero-order valence-electron chi connectivity index (χ0n) is 79.8. The molecule has 0 unspecified atom stereocenters. The SMILES string of the molecule is CC(C)(C)c1ccc(-n2c3ccccc3c3cc(-c4ccc5c(c4)c4ccccc4n5-c4ccccc4)ccc32)cc1.CC(C)(C)c1ccc(-n2c3ccccc3c3cc(-n4c5ccccc5c5ccccc54)ccc32)cc1.CC(C)(C)c1ccc(-n2c3ccccc3c3ccc(-n4c5ccccc5c5ccccc54)cc32)cc1.CC(C)(C)c1ccc(-n2c3ccccc3c3ccccc32)cc1. The zero-order chi connectivity index (χ0) is 93.3. The van der Waals surface area contributed by atoms with Gasteiger partial charge in [0, 0.05) is 115 Å². The van der Waals surface area contributed by atoms with E-state index in [4.69, 9.17) is 0 Å². The van der Waals surface area contributed by atoms with Gasteiger partial charge >= 0.3 is 0 Å². The summed E-state index contributed by atoms with van der Waals surface area (Å²) in [6, 6.07) is 161. The number of benzene rings is 19. The summed E-state index contributed by atoms with van der Waals surface area (Å²) in [5, 5.41) is 17.9. The first-order chi connectivity index (χ1) is 66.5. The normalized spacial score (nSPS) is 12.2. The summed E-state index contributed by atoms with van der Waals surface area (Å²) in [5.74, 6) is 0. The van der Waals surface area contributed by atoms with Gasteiger partial charge in [-0.05, 0) is 231 Å². The molecule has 7 aromatic heterocycles. The Balaban J connectivity index is 0.000000104. The maximum absolute atomic E-state index is 2.41. The van der Waals surface area contributed by atoms with Gasteiger partial charge in [0.1, 0.15) is 0 Å². The number of nitrogens with zero attached hydrogens (tertiary/aromatic N) is 7. The third-order valence-corrected chi connectivity index (χ3v) is 28.2. The second-order valence-corrected chi connectivity index (χ2v) is 40.9. The van der Waals surface area contributed by atoms with Crippen LogP contribution in [-0.4, -0.2) is 32.0 Å². The minimum absolute atomic E-state index is 0.128. The second kappa shape index (κ2) is 33.4. The van der Waals surface area contributed by atoms with E-state index >= 15 is 0 Å². The maximum atomic E-state index is 2.41. The minimum atomic E-state index is 0.128. The number of fused-ring (bicyclic) bond motifs is 21. The molecule has 0 saturated carbocycles. The van der Waals surface area contributed by atoms with Crippen LogP contribution in [0.15, 0.2) is 443 Å². The molecular formula is C130H109N7. The van der Waals surface area contributed by atoms with Crippen molar-refractivity contribution in [1.29, 1.82) is 0 Å². The van der Waals surface area contributed by atoms with Gasteiger partial charge in [-0.1, -0.05) is 350 Å². The molecule has 26 aromatic rings. The molecule has 0 atom stereocenters. The molecule has 0 radical (unpaired) electrons. The van der Waals surface area contributed by atoms with Crippen LogP contribution >= 0.6 is 0 Å². The van der Waals surface area contributed by atoms with Crippen molar-refractivity contribution in [3.8, 4) is 50.9 Å². The first kappa shape index (κ1) is 85.0. The largest absolute Gasteiger partial charge is 0.309 e. The fraction of sp³-hybridized carbons (Fsp3) is 0.123. The van der Waals surface area contributed by atoms with E-state index in [1.54, 1.807) is 0 Å². The predicted molar refractivity (Wildman–Crippen MR) is 586 cm³/mol. The lowest BCUT2D eigenvalue weighted by atomic mass is 9.87.